The molecule has 0 fully saturated rings. The second kappa shape index (κ2) is 10.3. The highest BCUT2D eigenvalue weighted by Gasteiger charge is 2.18. The first-order chi connectivity index (χ1) is 15.7. The summed E-state index contributed by atoms with van der Waals surface area (Å²) in [5.74, 6) is 0.378. The lowest BCUT2D eigenvalue weighted by molar-refractivity contribution is 0.0955. The number of nitrogens with one attached hydrogen (secondary N) is 1. The van der Waals surface area contributed by atoms with Gasteiger partial charge in [0.2, 0.25) is 10.0 Å². The van der Waals surface area contributed by atoms with Crippen LogP contribution in [0.4, 0.5) is 5.69 Å². The first-order valence-corrected chi connectivity index (χ1v) is 12.1. The van der Waals surface area contributed by atoms with Crippen molar-refractivity contribution in [2.75, 3.05) is 17.7 Å². The van der Waals surface area contributed by atoms with E-state index >= 15 is 0 Å². The number of aryl methyl sites for hydroxylation is 2. The molecule has 3 aromatic rings. The van der Waals surface area contributed by atoms with Crippen molar-refractivity contribution in [1.82, 2.24) is 5.43 Å². The van der Waals surface area contributed by atoms with Crippen LogP contribution in [0.1, 0.15) is 32.6 Å². The van der Waals surface area contributed by atoms with Crippen molar-refractivity contribution in [3.8, 4) is 5.75 Å². The molecule has 8 heteroatoms. The van der Waals surface area contributed by atoms with Crippen LogP contribution in [-0.2, 0) is 16.6 Å². The molecule has 3 rings (SSSR count). The number of carbonyl (C=O) groups is 1. The Balaban J connectivity index is 1.68. The molecule has 1 N–H and O–H groups in total. The lowest BCUT2D eigenvalue weighted by Crippen LogP contribution is -2.29. The van der Waals surface area contributed by atoms with Crippen molar-refractivity contribution in [3.05, 3.63) is 94.5 Å². The number of hydrazone groups is 1. The lowest BCUT2D eigenvalue weighted by Gasteiger charge is -2.23. The highest BCUT2D eigenvalue weighted by atomic mass is 32.2. The molecule has 0 atom stereocenters. The van der Waals surface area contributed by atoms with Gasteiger partial charge >= 0.3 is 0 Å². The Bertz CT molecular complexity index is 1250. The van der Waals surface area contributed by atoms with E-state index in [1.54, 1.807) is 55.8 Å². The minimum Gasteiger partial charge on any atom is -0.497 e. The molecule has 0 heterocycles. The van der Waals surface area contributed by atoms with Crippen LogP contribution in [0, 0.1) is 13.8 Å². The third-order valence-electron chi connectivity index (χ3n) is 5.22. The summed E-state index contributed by atoms with van der Waals surface area (Å²) in [6.45, 7) is 4.09. The molecule has 172 valence electrons. The topological polar surface area (TPSA) is 88.1 Å². The molecule has 0 aliphatic rings. The largest absolute Gasteiger partial charge is 0.497 e. The van der Waals surface area contributed by atoms with Crippen molar-refractivity contribution in [1.29, 1.82) is 0 Å². The van der Waals surface area contributed by atoms with Crippen LogP contribution in [0.15, 0.2) is 71.8 Å². The van der Waals surface area contributed by atoms with Gasteiger partial charge in [-0.05, 0) is 84.6 Å². The number of hydrogen-bond donors (Lipinski definition) is 1. The molecule has 0 saturated carbocycles. The van der Waals surface area contributed by atoms with Crippen molar-refractivity contribution in [2.24, 2.45) is 5.10 Å². The van der Waals surface area contributed by atoms with Crippen LogP contribution < -0.4 is 14.5 Å². The number of rotatable bonds is 8. The summed E-state index contributed by atoms with van der Waals surface area (Å²) in [5, 5.41) is 3.98. The van der Waals surface area contributed by atoms with E-state index in [2.05, 4.69) is 10.5 Å². The van der Waals surface area contributed by atoms with E-state index < -0.39 is 10.0 Å². The number of nitrogens with zero attached hydrogens (tertiary/aromatic N) is 2. The summed E-state index contributed by atoms with van der Waals surface area (Å²) in [6.07, 6.45) is 2.73. The van der Waals surface area contributed by atoms with Crippen molar-refractivity contribution in [2.45, 2.75) is 20.4 Å². The maximum absolute atomic E-state index is 12.4. The Labute approximate surface area is 194 Å². The van der Waals surface area contributed by atoms with Crippen LogP contribution in [0.3, 0.4) is 0 Å². The summed E-state index contributed by atoms with van der Waals surface area (Å²) in [5.41, 5.74) is 7.21. The molecule has 33 heavy (non-hydrogen) atoms. The number of amides is 1. The van der Waals surface area contributed by atoms with E-state index in [9.17, 15) is 13.2 Å². The molecule has 0 bridgehead atoms. The second-order valence-corrected chi connectivity index (χ2v) is 9.61. The van der Waals surface area contributed by atoms with Gasteiger partial charge in [0.05, 0.1) is 31.8 Å². The summed E-state index contributed by atoms with van der Waals surface area (Å²) in [7, 11) is -1.89. The molecule has 3 aromatic carbocycles. The Morgan fingerprint density at radius 2 is 1.67 bits per heavy atom. The van der Waals surface area contributed by atoms with Gasteiger partial charge in [-0.2, -0.15) is 5.10 Å². The second-order valence-electron chi connectivity index (χ2n) is 7.71. The molecule has 7 nitrogen and oxygen atoms in total. The molecule has 0 unspecified atom stereocenters. The van der Waals surface area contributed by atoms with Gasteiger partial charge in [-0.1, -0.05) is 18.2 Å². The Kier molecular flexibility index (Phi) is 7.50. The van der Waals surface area contributed by atoms with Crippen LogP contribution in [0.25, 0.3) is 0 Å². The van der Waals surface area contributed by atoms with Gasteiger partial charge in [0, 0.05) is 5.56 Å². The Morgan fingerprint density at radius 1 is 1.00 bits per heavy atom. The summed E-state index contributed by atoms with van der Waals surface area (Å²) < 4.78 is 31.3. The Hall–Kier alpha value is -3.65. The summed E-state index contributed by atoms with van der Waals surface area (Å²) in [6, 6.07) is 19.6. The fourth-order valence-corrected chi connectivity index (χ4v) is 4.01. The Morgan fingerprint density at radius 3 is 2.24 bits per heavy atom. The molecule has 1 amide bonds. The summed E-state index contributed by atoms with van der Waals surface area (Å²) >= 11 is 0. The van der Waals surface area contributed by atoms with Crippen LogP contribution in [-0.4, -0.2) is 33.9 Å². The molecule has 0 saturated heterocycles. The SMILES string of the molecule is COc1ccc(/C=N\NC(=O)c2ccc(CN(c3ccc(C)c(C)c3)S(C)(=O)=O)cc2)cc1. The van der Waals surface area contributed by atoms with Crippen molar-refractivity contribution in [3.63, 3.8) is 0 Å². The molecular formula is C25H27N3O4S. The zero-order valence-corrected chi connectivity index (χ0v) is 19.9. The monoisotopic (exact) mass is 465 g/mol. The molecule has 0 spiro atoms. The summed E-state index contributed by atoms with van der Waals surface area (Å²) in [4.78, 5) is 12.4. The van der Waals surface area contributed by atoms with Gasteiger partial charge in [-0.15, -0.1) is 0 Å². The maximum atomic E-state index is 12.4. The van der Waals surface area contributed by atoms with Crippen LogP contribution in [0.2, 0.25) is 0 Å². The number of carbonyl (C=O) groups excluding carboxylic acids is 1. The van der Waals surface area contributed by atoms with Gasteiger partial charge in [0.25, 0.3) is 5.91 Å². The first kappa shape index (κ1) is 24.0. The highest BCUT2D eigenvalue weighted by molar-refractivity contribution is 7.92. The first-order valence-electron chi connectivity index (χ1n) is 10.3. The number of benzene rings is 3. The lowest BCUT2D eigenvalue weighted by atomic mass is 10.1. The zero-order valence-electron chi connectivity index (χ0n) is 19.1. The quantitative estimate of drug-likeness (QED) is 0.402. The number of anilines is 1. The number of ether oxygens (including phenoxy) is 1. The van der Waals surface area contributed by atoms with Crippen molar-refractivity contribution < 1.29 is 17.9 Å². The van der Waals surface area contributed by atoms with E-state index in [1.807, 2.05) is 38.1 Å². The average Bonchev–Trinajstić information content (AvgIpc) is 2.79. The van der Waals surface area contributed by atoms with Gasteiger partial charge in [0.15, 0.2) is 0 Å². The van der Waals surface area contributed by atoms with E-state index in [0.717, 1.165) is 28.0 Å². The smallest absolute Gasteiger partial charge is 0.271 e. The van der Waals surface area contributed by atoms with E-state index in [-0.39, 0.29) is 12.5 Å². The molecule has 0 radical (unpaired) electrons. The molecular weight excluding hydrogens is 438 g/mol. The average molecular weight is 466 g/mol. The van der Waals surface area contributed by atoms with Crippen molar-refractivity contribution >= 4 is 27.8 Å². The molecule has 0 aliphatic heterocycles. The van der Waals surface area contributed by atoms with Gasteiger partial charge < -0.3 is 4.74 Å². The fourth-order valence-electron chi connectivity index (χ4n) is 3.13. The minimum atomic E-state index is -3.49. The molecule has 0 aromatic heterocycles. The van der Waals surface area contributed by atoms with E-state index in [4.69, 9.17) is 4.74 Å². The predicted molar refractivity (Wildman–Crippen MR) is 131 cm³/mol. The normalized spacial score (nSPS) is 11.4. The van der Waals surface area contributed by atoms with E-state index in [0.29, 0.717) is 11.3 Å². The van der Waals surface area contributed by atoms with Crippen LogP contribution in [0.5, 0.6) is 5.75 Å². The minimum absolute atomic E-state index is 0.166. The fraction of sp³-hybridized carbons (Fsp3) is 0.200. The van der Waals surface area contributed by atoms with Gasteiger partial charge in [-0.25, -0.2) is 13.8 Å². The maximum Gasteiger partial charge on any atom is 0.271 e. The van der Waals surface area contributed by atoms with Gasteiger partial charge in [0.1, 0.15) is 5.75 Å². The number of sulfonamides is 1. The van der Waals surface area contributed by atoms with Gasteiger partial charge in [-0.3, -0.25) is 9.10 Å². The molecule has 0 aliphatic carbocycles. The highest BCUT2D eigenvalue weighted by Crippen LogP contribution is 2.23. The zero-order chi connectivity index (χ0) is 24.0. The standard InChI is InChI=1S/C25H27N3O4S/c1-18-5-12-23(15-19(18)2)28(33(4,30)31)17-21-6-10-22(11-7-21)25(29)27-26-16-20-8-13-24(32-3)14-9-20/h5-16H,17H2,1-4H3,(H,27,29)/b26-16-. The number of methoxy groups -OCH3 is 1. The number of hydrogen-bond acceptors (Lipinski definition) is 5. The van der Waals surface area contributed by atoms with E-state index in [1.165, 1.54) is 10.6 Å². The third-order valence-corrected chi connectivity index (χ3v) is 6.36. The predicted octanol–water partition coefficient (Wildman–Crippen LogP) is 4.04. The van der Waals surface area contributed by atoms with Crippen LogP contribution >= 0.6 is 0 Å². The third kappa shape index (κ3) is 6.43.